The molecule has 1 N–H and O–H groups in total. The highest BCUT2D eigenvalue weighted by Gasteiger charge is 2.22. The van der Waals surface area contributed by atoms with Gasteiger partial charge in [-0.15, -0.1) is 0 Å². The minimum atomic E-state index is -0.359. The van der Waals surface area contributed by atoms with E-state index in [1.165, 1.54) is 11.8 Å². The van der Waals surface area contributed by atoms with Gasteiger partial charge in [-0.2, -0.15) is 0 Å². The smallest absolute Gasteiger partial charge is 0.242 e. The average molecular weight is 334 g/mol. The van der Waals surface area contributed by atoms with Crippen molar-refractivity contribution in [1.29, 1.82) is 0 Å². The second-order valence-electron chi connectivity index (χ2n) is 5.43. The summed E-state index contributed by atoms with van der Waals surface area (Å²) in [5, 5.41) is 3.47. The predicted octanol–water partition coefficient (Wildman–Crippen LogP) is 4.86. The number of aryl methyl sites for hydroxylation is 1. The Morgan fingerprint density at radius 3 is 2.33 bits per heavy atom. The Labute approximate surface area is 146 Å². The maximum absolute atomic E-state index is 12.8. The molecule has 4 heteroatoms. The molecule has 3 rings (SSSR count). The topological polar surface area (TPSA) is 42.0 Å². The van der Waals surface area contributed by atoms with Gasteiger partial charge in [0.1, 0.15) is 5.25 Å². The standard InChI is InChI=1S/C20H18N2OS/c1-15-10-12-17(13-11-15)22-20(23)19(16-7-3-2-4-8-16)24-18-9-5-6-14-21-18/h2-14,19H,1H3,(H,22,23). The first-order valence-electron chi connectivity index (χ1n) is 7.72. The lowest BCUT2D eigenvalue weighted by Gasteiger charge is -2.16. The maximum atomic E-state index is 12.8. The average Bonchev–Trinajstić information content (AvgIpc) is 2.63. The van der Waals surface area contributed by atoms with Crippen LogP contribution in [-0.2, 0) is 4.79 Å². The molecule has 0 aliphatic heterocycles. The molecule has 0 aliphatic rings. The van der Waals surface area contributed by atoms with Gasteiger partial charge < -0.3 is 5.32 Å². The van der Waals surface area contributed by atoms with Crippen molar-refractivity contribution in [2.75, 3.05) is 5.32 Å². The highest BCUT2D eigenvalue weighted by atomic mass is 32.2. The normalized spacial score (nSPS) is 11.7. The van der Waals surface area contributed by atoms with Gasteiger partial charge in [0.2, 0.25) is 5.91 Å². The molecule has 1 heterocycles. The quantitative estimate of drug-likeness (QED) is 0.677. The molecule has 1 unspecified atom stereocenters. The largest absolute Gasteiger partial charge is 0.325 e. The Kier molecular flexibility index (Phi) is 5.29. The van der Waals surface area contributed by atoms with E-state index in [9.17, 15) is 4.79 Å². The first kappa shape index (κ1) is 16.3. The van der Waals surface area contributed by atoms with Gasteiger partial charge in [-0.25, -0.2) is 4.98 Å². The molecule has 0 saturated carbocycles. The van der Waals surface area contributed by atoms with E-state index in [-0.39, 0.29) is 11.2 Å². The number of amides is 1. The van der Waals surface area contributed by atoms with Crippen molar-refractivity contribution < 1.29 is 4.79 Å². The van der Waals surface area contributed by atoms with Crippen LogP contribution in [0.2, 0.25) is 0 Å². The highest BCUT2D eigenvalue weighted by molar-refractivity contribution is 8.00. The summed E-state index contributed by atoms with van der Waals surface area (Å²) in [6.07, 6.45) is 1.74. The Bertz CT molecular complexity index is 789. The first-order valence-corrected chi connectivity index (χ1v) is 8.60. The Balaban J connectivity index is 1.83. The van der Waals surface area contributed by atoms with Gasteiger partial charge in [0, 0.05) is 11.9 Å². The van der Waals surface area contributed by atoms with Crippen LogP contribution in [0.3, 0.4) is 0 Å². The van der Waals surface area contributed by atoms with Crippen LogP contribution in [0.5, 0.6) is 0 Å². The molecule has 1 atom stereocenters. The second kappa shape index (κ2) is 7.79. The van der Waals surface area contributed by atoms with Crippen LogP contribution >= 0.6 is 11.8 Å². The van der Waals surface area contributed by atoms with Crippen LogP contribution in [0.4, 0.5) is 5.69 Å². The number of carbonyl (C=O) groups is 1. The van der Waals surface area contributed by atoms with Crippen molar-refractivity contribution in [2.45, 2.75) is 17.2 Å². The summed E-state index contributed by atoms with van der Waals surface area (Å²) in [6, 6.07) is 23.3. The molecule has 0 fully saturated rings. The van der Waals surface area contributed by atoms with Crippen LogP contribution in [-0.4, -0.2) is 10.9 Å². The zero-order chi connectivity index (χ0) is 16.8. The van der Waals surface area contributed by atoms with Crippen LogP contribution in [0.25, 0.3) is 0 Å². The lowest BCUT2D eigenvalue weighted by Crippen LogP contribution is -2.19. The molecule has 0 bridgehead atoms. The zero-order valence-corrected chi connectivity index (χ0v) is 14.2. The number of anilines is 1. The third-order valence-electron chi connectivity index (χ3n) is 3.54. The molecule has 24 heavy (non-hydrogen) atoms. The van der Waals surface area contributed by atoms with Gasteiger partial charge in [-0.3, -0.25) is 4.79 Å². The second-order valence-corrected chi connectivity index (χ2v) is 6.56. The third kappa shape index (κ3) is 4.24. The van der Waals surface area contributed by atoms with Crippen LogP contribution in [0.15, 0.2) is 84.0 Å². The van der Waals surface area contributed by atoms with Gasteiger partial charge >= 0.3 is 0 Å². The maximum Gasteiger partial charge on any atom is 0.242 e. The number of nitrogens with zero attached hydrogens (tertiary/aromatic N) is 1. The third-order valence-corrected chi connectivity index (χ3v) is 4.74. The number of thioether (sulfide) groups is 1. The van der Waals surface area contributed by atoms with Crippen molar-refractivity contribution in [2.24, 2.45) is 0 Å². The van der Waals surface area contributed by atoms with Gasteiger partial charge in [0.25, 0.3) is 0 Å². The molecule has 1 amide bonds. The number of rotatable bonds is 5. The number of carbonyl (C=O) groups excluding carboxylic acids is 1. The highest BCUT2D eigenvalue weighted by Crippen LogP contribution is 2.35. The fourth-order valence-corrected chi connectivity index (χ4v) is 3.26. The van der Waals surface area contributed by atoms with Crippen LogP contribution in [0, 0.1) is 6.92 Å². The lowest BCUT2D eigenvalue weighted by molar-refractivity contribution is -0.115. The van der Waals surface area contributed by atoms with Crippen LogP contribution in [0.1, 0.15) is 16.4 Å². The van der Waals surface area contributed by atoms with Crippen molar-refractivity contribution in [1.82, 2.24) is 4.98 Å². The van der Waals surface area contributed by atoms with E-state index in [4.69, 9.17) is 0 Å². The van der Waals surface area contributed by atoms with E-state index in [2.05, 4.69) is 10.3 Å². The summed E-state index contributed by atoms with van der Waals surface area (Å²) >= 11 is 1.45. The molecule has 3 nitrogen and oxygen atoms in total. The minimum absolute atomic E-state index is 0.0549. The van der Waals surface area contributed by atoms with Gasteiger partial charge in [-0.05, 0) is 36.8 Å². The Hall–Kier alpha value is -2.59. The zero-order valence-electron chi connectivity index (χ0n) is 13.3. The molecule has 2 aromatic carbocycles. The summed E-state index contributed by atoms with van der Waals surface area (Å²) in [6.45, 7) is 2.02. The first-order chi connectivity index (χ1) is 11.7. The molecule has 120 valence electrons. The number of hydrogen-bond donors (Lipinski definition) is 1. The number of nitrogens with one attached hydrogen (secondary N) is 1. The fourth-order valence-electron chi connectivity index (χ4n) is 2.28. The van der Waals surface area contributed by atoms with E-state index in [1.54, 1.807) is 6.20 Å². The van der Waals surface area contributed by atoms with Crippen molar-refractivity contribution in [3.63, 3.8) is 0 Å². The van der Waals surface area contributed by atoms with Gasteiger partial charge in [0.15, 0.2) is 0 Å². The summed E-state index contributed by atoms with van der Waals surface area (Å²) < 4.78 is 0. The van der Waals surface area contributed by atoms with Gasteiger partial charge in [-0.1, -0.05) is 65.9 Å². The molecular formula is C20H18N2OS. The van der Waals surface area contributed by atoms with Crippen molar-refractivity contribution >= 4 is 23.4 Å². The summed E-state index contributed by atoms with van der Waals surface area (Å²) in [7, 11) is 0. The lowest BCUT2D eigenvalue weighted by atomic mass is 10.1. The van der Waals surface area contributed by atoms with Crippen molar-refractivity contribution in [3.05, 3.63) is 90.1 Å². The fraction of sp³-hybridized carbons (Fsp3) is 0.100. The van der Waals surface area contributed by atoms with Crippen LogP contribution < -0.4 is 5.32 Å². The molecule has 0 radical (unpaired) electrons. The van der Waals surface area contributed by atoms with E-state index >= 15 is 0 Å². The molecule has 1 aromatic heterocycles. The SMILES string of the molecule is Cc1ccc(NC(=O)C(Sc2ccccn2)c2ccccc2)cc1. The molecule has 0 aliphatic carbocycles. The number of pyridine rings is 1. The summed E-state index contributed by atoms with van der Waals surface area (Å²) in [5.74, 6) is -0.0549. The number of hydrogen-bond acceptors (Lipinski definition) is 3. The van der Waals surface area contributed by atoms with Gasteiger partial charge in [0.05, 0.1) is 5.03 Å². The monoisotopic (exact) mass is 334 g/mol. The summed E-state index contributed by atoms with van der Waals surface area (Å²) in [5.41, 5.74) is 2.92. The Morgan fingerprint density at radius 1 is 0.958 bits per heavy atom. The van der Waals surface area contributed by atoms with E-state index < -0.39 is 0 Å². The van der Waals surface area contributed by atoms with Crippen molar-refractivity contribution in [3.8, 4) is 0 Å². The summed E-state index contributed by atoms with van der Waals surface area (Å²) in [4.78, 5) is 17.2. The molecular weight excluding hydrogens is 316 g/mol. The predicted molar refractivity (Wildman–Crippen MR) is 99.1 cm³/mol. The molecule has 0 saturated heterocycles. The number of benzene rings is 2. The number of aromatic nitrogens is 1. The molecule has 0 spiro atoms. The van der Waals surface area contributed by atoms with E-state index in [1.807, 2.05) is 79.7 Å². The minimum Gasteiger partial charge on any atom is -0.325 e. The Morgan fingerprint density at radius 2 is 1.67 bits per heavy atom. The molecule has 3 aromatic rings. The van der Waals surface area contributed by atoms with E-state index in [0.717, 1.165) is 21.8 Å². The van der Waals surface area contributed by atoms with E-state index in [0.29, 0.717) is 0 Å².